The van der Waals surface area contributed by atoms with E-state index in [1.54, 1.807) is 6.92 Å². The number of carbonyl (C=O) groups excluding carboxylic acids is 2. The van der Waals surface area contributed by atoms with Gasteiger partial charge in [0.15, 0.2) is 24.6 Å². The monoisotopic (exact) mass is 1110 g/mol. The largest absolute Gasteiger partial charge is 0.455 e. The molecule has 450 valence electrons. The van der Waals surface area contributed by atoms with Gasteiger partial charge in [0.25, 0.3) is 0 Å². The molecule has 0 spiro atoms. The van der Waals surface area contributed by atoms with Crippen molar-refractivity contribution in [1.82, 2.24) is 0 Å². The van der Waals surface area contributed by atoms with Crippen LogP contribution in [0.4, 0.5) is 0 Å². The smallest absolute Gasteiger partial charge is 0.397 e. The molecule has 15 atom stereocenters. The summed E-state index contributed by atoms with van der Waals surface area (Å²) >= 11 is 0. The molecule has 2 saturated heterocycles. The Morgan fingerprint density at radius 3 is 1.37 bits per heavy atom. The molecule has 2 rings (SSSR count). The summed E-state index contributed by atoms with van der Waals surface area (Å²) in [5.41, 5.74) is 0. The van der Waals surface area contributed by atoms with Crippen molar-refractivity contribution in [2.75, 3.05) is 13.2 Å². The van der Waals surface area contributed by atoms with E-state index in [2.05, 4.69) is 31.9 Å². The van der Waals surface area contributed by atoms with Gasteiger partial charge in [0.2, 0.25) is 6.29 Å². The fourth-order valence-electron chi connectivity index (χ4n) is 11.1. The molecule has 2 heterocycles. The van der Waals surface area contributed by atoms with Gasteiger partial charge in [-0.1, -0.05) is 215 Å². The van der Waals surface area contributed by atoms with Crippen LogP contribution in [0.15, 0.2) is 0 Å². The van der Waals surface area contributed by atoms with Crippen LogP contribution in [0.1, 0.15) is 253 Å². The van der Waals surface area contributed by atoms with Crippen LogP contribution in [0, 0.1) is 23.7 Å². The summed E-state index contributed by atoms with van der Waals surface area (Å²) in [7, 11) is -5.32. The van der Waals surface area contributed by atoms with Crippen molar-refractivity contribution in [1.29, 1.82) is 0 Å². The normalized spacial score (nSPS) is 26.2. The van der Waals surface area contributed by atoms with Crippen LogP contribution in [0.5, 0.6) is 0 Å². The molecule has 17 nitrogen and oxygen atoms in total. The van der Waals surface area contributed by atoms with E-state index >= 15 is 0 Å². The Morgan fingerprint density at radius 2 is 0.921 bits per heavy atom. The van der Waals surface area contributed by atoms with Gasteiger partial charge in [-0.25, -0.2) is 4.18 Å². The number of hydrogen-bond donors (Lipinski definition) is 7. The first-order valence-electron chi connectivity index (χ1n) is 30.3. The summed E-state index contributed by atoms with van der Waals surface area (Å²) in [6, 6.07) is 0. The summed E-state index contributed by atoms with van der Waals surface area (Å²) in [5, 5.41) is 64.1. The van der Waals surface area contributed by atoms with Crippen LogP contribution >= 0.6 is 0 Å². The van der Waals surface area contributed by atoms with E-state index < -0.39 is 109 Å². The molecule has 15 unspecified atom stereocenters. The Balaban J connectivity index is 2.04. The molecule has 2 fully saturated rings. The maximum absolute atomic E-state index is 14.1. The summed E-state index contributed by atoms with van der Waals surface area (Å²) in [5.74, 6) is -1.88. The lowest BCUT2D eigenvalue weighted by Crippen LogP contribution is -2.65. The highest BCUT2D eigenvalue weighted by Crippen LogP contribution is 2.34. The topological polar surface area (TPSA) is 265 Å². The molecule has 7 N–H and O–H groups in total. The highest BCUT2D eigenvalue weighted by molar-refractivity contribution is 7.80. The number of carbonyl (C=O) groups is 2. The van der Waals surface area contributed by atoms with E-state index in [1.807, 2.05) is 6.92 Å². The van der Waals surface area contributed by atoms with Crippen LogP contribution < -0.4 is 0 Å². The van der Waals surface area contributed by atoms with E-state index in [-0.39, 0.29) is 24.2 Å². The molecule has 2 aliphatic heterocycles. The second kappa shape index (κ2) is 41.4. The number of hydrogen-bond acceptors (Lipinski definition) is 16. The molecule has 0 bridgehead atoms. The van der Waals surface area contributed by atoms with Crippen molar-refractivity contribution < 1.29 is 81.1 Å². The maximum atomic E-state index is 14.1. The third kappa shape index (κ3) is 29.8. The van der Waals surface area contributed by atoms with E-state index in [0.29, 0.717) is 12.8 Å². The Hall–Kier alpha value is -1.55. The van der Waals surface area contributed by atoms with Crippen LogP contribution in [-0.2, 0) is 47.9 Å². The highest BCUT2D eigenvalue weighted by Gasteiger charge is 2.54. The first kappa shape index (κ1) is 70.6. The lowest BCUT2D eigenvalue weighted by atomic mass is 9.83. The van der Waals surface area contributed by atoms with Gasteiger partial charge in [0, 0.05) is 6.42 Å². The first-order valence-corrected chi connectivity index (χ1v) is 31.7. The molecule has 0 aromatic carbocycles. The van der Waals surface area contributed by atoms with Crippen molar-refractivity contribution in [3.63, 3.8) is 0 Å². The van der Waals surface area contributed by atoms with Gasteiger partial charge in [-0.15, -0.1) is 0 Å². The number of rotatable bonds is 46. The SMILES string of the molecule is CCCCCCCCCCCCCCCCCC(=O)OC1C(O)C(CO)OC(OC2OC(CO)C(O)C(O)C2OS(=O)(=O)O)C1OC(=O)C(C)CC(C)CC(C)CC(C)C(O)CCCCCCCCCCCCCCC. The molecule has 0 amide bonds. The van der Waals surface area contributed by atoms with E-state index in [1.165, 1.54) is 135 Å². The molecule has 0 aromatic rings. The van der Waals surface area contributed by atoms with E-state index in [0.717, 1.165) is 57.8 Å². The Kier molecular flexibility index (Phi) is 38.5. The molecule has 0 radical (unpaired) electrons. The maximum Gasteiger partial charge on any atom is 0.397 e. The van der Waals surface area contributed by atoms with Crippen molar-refractivity contribution in [3.05, 3.63) is 0 Å². The molecule has 0 aromatic heterocycles. The number of esters is 2. The third-order valence-electron chi connectivity index (χ3n) is 15.6. The van der Waals surface area contributed by atoms with Gasteiger partial charge >= 0.3 is 22.3 Å². The van der Waals surface area contributed by atoms with Gasteiger partial charge in [0.1, 0.15) is 30.5 Å². The fraction of sp³-hybridized carbons (Fsp3) is 0.966. The molecular weight excluding hydrogens is 1000 g/mol. The van der Waals surface area contributed by atoms with Crippen LogP contribution in [0.25, 0.3) is 0 Å². The van der Waals surface area contributed by atoms with Gasteiger partial charge < -0.3 is 54.3 Å². The standard InChI is InChI=1S/C58H110O17S/c1-7-9-11-13-15-17-19-21-22-24-26-28-30-32-34-36-49(62)72-53-51(64)48(41-60)71-58(74-57-54(75-76(67,68)69)52(65)50(63)47(40-59)70-57)55(53)73-56(66)45(6)39-43(4)37-42(3)38-44(5)46(61)35-33-31-29-27-25-23-20-18-16-14-12-10-8-2/h42-48,50-55,57-61,63-65H,7-41H2,1-6H3,(H,67,68,69). The van der Waals surface area contributed by atoms with Crippen LogP contribution in [-0.4, -0.2) is 136 Å². The number of ether oxygens (including phenoxy) is 5. The second-order valence-electron chi connectivity index (χ2n) is 23.0. The van der Waals surface area contributed by atoms with Gasteiger partial charge in [-0.3, -0.25) is 14.1 Å². The number of aliphatic hydroxyl groups is 6. The average Bonchev–Trinajstić information content (AvgIpc) is 3.37. The average molecular weight is 1110 g/mol. The van der Waals surface area contributed by atoms with E-state index in [4.69, 9.17) is 23.7 Å². The van der Waals surface area contributed by atoms with E-state index in [9.17, 15) is 53.2 Å². The van der Waals surface area contributed by atoms with Crippen LogP contribution in [0.3, 0.4) is 0 Å². The minimum absolute atomic E-state index is 0.0300. The lowest BCUT2D eigenvalue weighted by Gasteiger charge is -2.46. The Bertz CT molecular complexity index is 1570. The molecule has 18 heteroatoms. The van der Waals surface area contributed by atoms with Crippen molar-refractivity contribution in [2.24, 2.45) is 23.7 Å². The van der Waals surface area contributed by atoms with Crippen LogP contribution in [0.2, 0.25) is 0 Å². The fourth-order valence-corrected chi connectivity index (χ4v) is 11.6. The summed E-state index contributed by atoms with van der Waals surface area (Å²) in [4.78, 5) is 27.5. The summed E-state index contributed by atoms with van der Waals surface area (Å²) < 4.78 is 67.1. The zero-order chi connectivity index (χ0) is 56.3. The zero-order valence-corrected chi connectivity index (χ0v) is 48.8. The third-order valence-corrected chi connectivity index (χ3v) is 16.1. The Morgan fingerprint density at radius 1 is 0.513 bits per heavy atom. The number of unbranched alkanes of at least 4 members (excludes halogenated alkanes) is 26. The Labute approximate surface area is 459 Å². The number of aliphatic hydroxyl groups excluding tert-OH is 6. The minimum Gasteiger partial charge on any atom is -0.455 e. The summed E-state index contributed by atoms with van der Waals surface area (Å²) in [6.45, 7) is 10.7. The predicted molar refractivity (Wildman–Crippen MR) is 293 cm³/mol. The predicted octanol–water partition coefficient (Wildman–Crippen LogP) is 10.4. The van der Waals surface area contributed by atoms with Gasteiger partial charge in [0.05, 0.1) is 25.2 Å². The molecule has 0 aliphatic carbocycles. The lowest BCUT2D eigenvalue weighted by molar-refractivity contribution is -0.374. The summed E-state index contributed by atoms with van der Waals surface area (Å²) in [6.07, 6.45) is 17.5. The minimum atomic E-state index is -5.32. The highest BCUT2D eigenvalue weighted by atomic mass is 32.3. The zero-order valence-electron chi connectivity index (χ0n) is 48.0. The molecule has 2 aliphatic rings. The van der Waals surface area contributed by atoms with Gasteiger partial charge in [-0.2, -0.15) is 8.42 Å². The molecular formula is C58H110O17S. The van der Waals surface area contributed by atoms with Crippen molar-refractivity contribution in [2.45, 2.75) is 321 Å². The molecule has 76 heavy (non-hydrogen) atoms. The van der Waals surface area contributed by atoms with Crippen molar-refractivity contribution >= 4 is 22.3 Å². The first-order chi connectivity index (χ1) is 36.4. The van der Waals surface area contributed by atoms with Gasteiger partial charge in [-0.05, 0) is 49.9 Å². The molecule has 0 saturated carbocycles. The van der Waals surface area contributed by atoms with Crippen molar-refractivity contribution in [3.8, 4) is 0 Å². The second-order valence-corrected chi connectivity index (χ2v) is 24.0. The quantitative estimate of drug-likeness (QED) is 0.0170.